The first-order chi connectivity index (χ1) is 8.58. The molecule has 0 fully saturated rings. The zero-order valence-corrected chi connectivity index (χ0v) is 12.0. The average Bonchev–Trinajstić information content (AvgIpc) is 2.35. The van der Waals surface area contributed by atoms with Crippen LogP contribution >= 0.6 is 15.9 Å². The Morgan fingerprint density at radius 3 is 2.61 bits per heavy atom. The number of benzene rings is 2. The third-order valence-corrected chi connectivity index (χ3v) is 3.43. The van der Waals surface area contributed by atoms with Crippen LogP contribution in [-0.4, -0.2) is 0 Å². The Hall–Kier alpha value is -1.35. The Bertz CT molecular complexity index is 554. The average molecular weight is 308 g/mol. The molecule has 1 atom stereocenters. The molecule has 3 heteroatoms. The van der Waals surface area contributed by atoms with E-state index < -0.39 is 0 Å². The zero-order chi connectivity index (χ0) is 13.1. The molecule has 2 aromatic carbocycles. The Balaban J connectivity index is 2.25. The molecule has 18 heavy (non-hydrogen) atoms. The molecular weight excluding hydrogens is 293 g/mol. The van der Waals surface area contributed by atoms with E-state index in [0.29, 0.717) is 5.56 Å². The van der Waals surface area contributed by atoms with E-state index in [1.54, 1.807) is 6.07 Å². The number of rotatable bonds is 3. The summed E-state index contributed by atoms with van der Waals surface area (Å²) in [5.74, 6) is -0.188. The van der Waals surface area contributed by atoms with Gasteiger partial charge < -0.3 is 5.32 Å². The summed E-state index contributed by atoms with van der Waals surface area (Å²) in [7, 11) is 0. The fraction of sp³-hybridized carbons (Fsp3) is 0.200. The molecule has 0 spiro atoms. The minimum atomic E-state index is -0.188. The Kier molecular flexibility index (Phi) is 4.02. The zero-order valence-electron chi connectivity index (χ0n) is 10.4. The van der Waals surface area contributed by atoms with Crippen molar-refractivity contribution in [3.05, 3.63) is 63.9 Å². The number of nitrogens with one attached hydrogen (secondary N) is 1. The van der Waals surface area contributed by atoms with E-state index in [-0.39, 0.29) is 11.9 Å². The number of aryl methyl sites for hydroxylation is 1. The maximum Gasteiger partial charge on any atom is 0.128 e. The van der Waals surface area contributed by atoms with Gasteiger partial charge in [-0.05, 0) is 43.7 Å². The van der Waals surface area contributed by atoms with Crippen LogP contribution in [-0.2, 0) is 0 Å². The van der Waals surface area contributed by atoms with Crippen molar-refractivity contribution >= 4 is 21.6 Å². The molecule has 2 rings (SSSR count). The lowest BCUT2D eigenvalue weighted by molar-refractivity contribution is 0.600. The summed E-state index contributed by atoms with van der Waals surface area (Å²) in [6, 6.07) is 12.9. The predicted octanol–water partition coefficient (Wildman–Crippen LogP) is 5.07. The summed E-state index contributed by atoms with van der Waals surface area (Å²) in [5, 5.41) is 3.33. The summed E-state index contributed by atoms with van der Waals surface area (Å²) >= 11 is 3.37. The molecule has 1 nitrogen and oxygen atoms in total. The molecule has 0 saturated carbocycles. The maximum absolute atomic E-state index is 13.8. The lowest BCUT2D eigenvalue weighted by Crippen LogP contribution is -2.09. The second-order valence-electron chi connectivity index (χ2n) is 4.35. The number of hydrogen-bond donors (Lipinski definition) is 1. The summed E-state index contributed by atoms with van der Waals surface area (Å²) in [4.78, 5) is 0. The molecule has 0 radical (unpaired) electrons. The second kappa shape index (κ2) is 5.53. The van der Waals surface area contributed by atoms with Gasteiger partial charge in [-0.2, -0.15) is 0 Å². The van der Waals surface area contributed by atoms with Crippen molar-refractivity contribution in [3.8, 4) is 0 Å². The van der Waals surface area contributed by atoms with Crippen LogP contribution in [0.15, 0.2) is 46.9 Å². The molecule has 0 aliphatic rings. The molecule has 0 amide bonds. The van der Waals surface area contributed by atoms with Gasteiger partial charge in [0.2, 0.25) is 0 Å². The molecule has 0 saturated heterocycles. The molecular formula is C15H15BrFN. The van der Waals surface area contributed by atoms with Gasteiger partial charge in [0.1, 0.15) is 5.82 Å². The fourth-order valence-electron chi connectivity index (χ4n) is 1.89. The van der Waals surface area contributed by atoms with Crippen molar-refractivity contribution in [2.45, 2.75) is 19.9 Å². The van der Waals surface area contributed by atoms with Crippen molar-refractivity contribution in [3.63, 3.8) is 0 Å². The van der Waals surface area contributed by atoms with Crippen molar-refractivity contribution in [2.75, 3.05) is 5.32 Å². The minimum Gasteiger partial charge on any atom is -0.378 e. The normalized spacial score (nSPS) is 12.2. The topological polar surface area (TPSA) is 12.0 Å². The van der Waals surface area contributed by atoms with Crippen molar-refractivity contribution in [1.82, 2.24) is 0 Å². The first-order valence-corrected chi connectivity index (χ1v) is 6.64. The van der Waals surface area contributed by atoms with Gasteiger partial charge in [0.25, 0.3) is 0 Å². The quantitative estimate of drug-likeness (QED) is 0.834. The highest BCUT2D eigenvalue weighted by atomic mass is 79.9. The van der Waals surface area contributed by atoms with Gasteiger partial charge in [0.15, 0.2) is 0 Å². The van der Waals surface area contributed by atoms with Crippen LogP contribution < -0.4 is 5.32 Å². The van der Waals surface area contributed by atoms with E-state index in [1.807, 2.05) is 44.2 Å². The van der Waals surface area contributed by atoms with Crippen LogP contribution in [0.4, 0.5) is 10.1 Å². The van der Waals surface area contributed by atoms with Crippen molar-refractivity contribution in [2.24, 2.45) is 0 Å². The second-order valence-corrected chi connectivity index (χ2v) is 5.26. The third kappa shape index (κ3) is 2.91. The van der Waals surface area contributed by atoms with E-state index in [2.05, 4.69) is 21.2 Å². The Morgan fingerprint density at radius 1 is 1.17 bits per heavy atom. The predicted molar refractivity (Wildman–Crippen MR) is 77.3 cm³/mol. The lowest BCUT2D eigenvalue weighted by Gasteiger charge is -2.18. The molecule has 0 aromatic heterocycles. The SMILES string of the molecule is Cc1ccccc1NC(C)c1cc(Br)ccc1F. The van der Waals surface area contributed by atoms with Gasteiger partial charge in [-0.1, -0.05) is 34.1 Å². The third-order valence-electron chi connectivity index (χ3n) is 2.94. The van der Waals surface area contributed by atoms with Gasteiger partial charge >= 0.3 is 0 Å². The van der Waals surface area contributed by atoms with Gasteiger partial charge in [-0.3, -0.25) is 0 Å². The first-order valence-electron chi connectivity index (χ1n) is 5.85. The monoisotopic (exact) mass is 307 g/mol. The first kappa shape index (κ1) is 13.1. The van der Waals surface area contributed by atoms with Gasteiger partial charge in [-0.15, -0.1) is 0 Å². The van der Waals surface area contributed by atoms with Gasteiger partial charge in [-0.25, -0.2) is 4.39 Å². The molecule has 0 aliphatic carbocycles. The molecule has 0 aliphatic heterocycles. The molecule has 94 valence electrons. The van der Waals surface area contributed by atoms with Crippen LogP contribution in [0, 0.1) is 12.7 Å². The Labute approximate surface area is 115 Å². The summed E-state index contributed by atoms with van der Waals surface area (Å²) in [6.07, 6.45) is 0. The van der Waals surface area contributed by atoms with Gasteiger partial charge in [0, 0.05) is 15.7 Å². The van der Waals surface area contributed by atoms with Crippen LogP contribution in [0.1, 0.15) is 24.1 Å². The molecule has 0 bridgehead atoms. The minimum absolute atomic E-state index is 0.0800. The largest absolute Gasteiger partial charge is 0.378 e. The number of halogens is 2. The summed E-state index contributed by atoms with van der Waals surface area (Å²) in [5.41, 5.74) is 2.84. The molecule has 2 aromatic rings. The Morgan fingerprint density at radius 2 is 1.89 bits per heavy atom. The highest BCUT2D eigenvalue weighted by molar-refractivity contribution is 9.10. The fourth-order valence-corrected chi connectivity index (χ4v) is 2.27. The number of anilines is 1. The van der Waals surface area contributed by atoms with E-state index in [4.69, 9.17) is 0 Å². The van der Waals surface area contributed by atoms with Gasteiger partial charge in [0.05, 0.1) is 6.04 Å². The van der Waals surface area contributed by atoms with Crippen LogP contribution in [0.3, 0.4) is 0 Å². The standard InChI is InChI=1S/C15H15BrFN/c1-10-5-3-4-6-15(10)18-11(2)13-9-12(16)7-8-14(13)17/h3-9,11,18H,1-2H3. The highest BCUT2D eigenvalue weighted by Crippen LogP contribution is 2.26. The van der Waals surface area contributed by atoms with Crippen molar-refractivity contribution < 1.29 is 4.39 Å². The molecule has 1 unspecified atom stereocenters. The van der Waals surface area contributed by atoms with Crippen LogP contribution in [0.25, 0.3) is 0 Å². The maximum atomic E-state index is 13.8. The van der Waals surface area contributed by atoms with E-state index in [0.717, 1.165) is 15.7 Å². The smallest absolute Gasteiger partial charge is 0.128 e. The summed E-state index contributed by atoms with van der Waals surface area (Å²) in [6.45, 7) is 3.99. The van der Waals surface area contributed by atoms with E-state index >= 15 is 0 Å². The van der Waals surface area contributed by atoms with Crippen LogP contribution in [0.5, 0.6) is 0 Å². The van der Waals surface area contributed by atoms with Crippen molar-refractivity contribution in [1.29, 1.82) is 0 Å². The van der Waals surface area contributed by atoms with E-state index in [1.165, 1.54) is 6.07 Å². The molecule has 0 heterocycles. The number of hydrogen-bond acceptors (Lipinski definition) is 1. The number of para-hydroxylation sites is 1. The lowest BCUT2D eigenvalue weighted by atomic mass is 10.1. The van der Waals surface area contributed by atoms with E-state index in [9.17, 15) is 4.39 Å². The van der Waals surface area contributed by atoms with Crippen LogP contribution in [0.2, 0.25) is 0 Å². The molecule has 1 N–H and O–H groups in total. The highest BCUT2D eigenvalue weighted by Gasteiger charge is 2.11. The summed E-state index contributed by atoms with van der Waals surface area (Å²) < 4.78 is 14.6.